The number of hydrogen-bond acceptors (Lipinski definition) is 3. The molecule has 0 amide bonds. The van der Waals surface area contributed by atoms with E-state index in [0.29, 0.717) is 5.92 Å². The lowest BCUT2D eigenvalue weighted by atomic mass is 9.94. The molecule has 3 nitrogen and oxygen atoms in total. The molecule has 2 saturated heterocycles. The number of rotatable bonds is 2. The van der Waals surface area contributed by atoms with Gasteiger partial charge in [-0.05, 0) is 38.6 Å². The summed E-state index contributed by atoms with van der Waals surface area (Å²) in [5.74, 6) is 0.698. The monoisotopic (exact) mass is 199 g/mol. The summed E-state index contributed by atoms with van der Waals surface area (Å²) in [7, 11) is 0. The lowest BCUT2D eigenvalue weighted by Crippen LogP contribution is -2.47. The fourth-order valence-corrected chi connectivity index (χ4v) is 2.57. The van der Waals surface area contributed by atoms with Gasteiger partial charge in [0, 0.05) is 19.7 Å². The summed E-state index contributed by atoms with van der Waals surface area (Å²) in [4.78, 5) is 2.39. The van der Waals surface area contributed by atoms with Crippen LogP contribution in [-0.4, -0.2) is 48.5 Å². The van der Waals surface area contributed by atoms with Crippen molar-refractivity contribution in [2.75, 3.05) is 32.8 Å². The average Bonchev–Trinajstić information content (AvgIpc) is 2.54. The largest absolute Gasteiger partial charge is 0.389 e. The van der Waals surface area contributed by atoms with Crippen molar-refractivity contribution in [3.05, 3.63) is 0 Å². The highest BCUT2D eigenvalue weighted by Crippen LogP contribution is 2.22. The second-order valence-corrected chi connectivity index (χ2v) is 5.07. The van der Waals surface area contributed by atoms with E-state index in [1.165, 1.54) is 6.42 Å². The smallest absolute Gasteiger partial charge is 0.0746 e. The topological polar surface area (TPSA) is 32.7 Å². The first-order valence-corrected chi connectivity index (χ1v) is 5.68. The van der Waals surface area contributed by atoms with Gasteiger partial charge in [-0.2, -0.15) is 0 Å². The minimum atomic E-state index is -0.461. The Balaban J connectivity index is 1.79. The maximum Gasteiger partial charge on any atom is 0.0746 e. The predicted molar refractivity (Wildman–Crippen MR) is 55.2 cm³/mol. The highest BCUT2D eigenvalue weighted by Gasteiger charge is 2.30. The van der Waals surface area contributed by atoms with E-state index in [-0.39, 0.29) is 0 Å². The Morgan fingerprint density at radius 3 is 3.07 bits per heavy atom. The number of nitrogens with zero attached hydrogens (tertiary/aromatic N) is 1. The summed E-state index contributed by atoms with van der Waals surface area (Å²) < 4.78 is 5.36. The zero-order valence-corrected chi connectivity index (χ0v) is 9.04. The Morgan fingerprint density at radius 2 is 2.43 bits per heavy atom. The molecule has 0 bridgehead atoms. The van der Waals surface area contributed by atoms with Gasteiger partial charge in [0.05, 0.1) is 12.2 Å². The summed E-state index contributed by atoms with van der Waals surface area (Å²) in [5.41, 5.74) is -0.461. The standard InChI is InChI=1S/C11H21NO2/c1-11(13)4-2-5-12(9-11)7-10-3-6-14-8-10/h10,13H,2-9H2,1H3. The Hall–Kier alpha value is -0.120. The molecule has 14 heavy (non-hydrogen) atoms. The summed E-state index contributed by atoms with van der Waals surface area (Å²) in [5, 5.41) is 9.95. The van der Waals surface area contributed by atoms with Gasteiger partial charge in [0.25, 0.3) is 0 Å². The third kappa shape index (κ3) is 2.69. The van der Waals surface area contributed by atoms with Gasteiger partial charge in [-0.15, -0.1) is 0 Å². The minimum Gasteiger partial charge on any atom is -0.389 e. The van der Waals surface area contributed by atoms with E-state index in [1.54, 1.807) is 0 Å². The zero-order valence-electron chi connectivity index (χ0n) is 9.04. The Morgan fingerprint density at radius 1 is 1.57 bits per heavy atom. The molecule has 0 aromatic carbocycles. The van der Waals surface area contributed by atoms with Gasteiger partial charge >= 0.3 is 0 Å². The van der Waals surface area contributed by atoms with Gasteiger partial charge in [-0.1, -0.05) is 0 Å². The van der Waals surface area contributed by atoms with E-state index in [9.17, 15) is 5.11 Å². The van der Waals surface area contributed by atoms with Crippen LogP contribution in [0.3, 0.4) is 0 Å². The van der Waals surface area contributed by atoms with Crippen LogP contribution in [-0.2, 0) is 4.74 Å². The molecule has 2 heterocycles. The molecular formula is C11H21NO2. The fraction of sp³-hybridized carbons (Fsp3) is 1.00. The molecule has 2 aliphatic heterocycles. The van der Waals surface area contributed by atoms with Crippen molar-refractivity contribution in [1.82, 2.24) is 4.90 Å². The molecule has 1 N–H and O–H groups in total. The molecule has 0 radical (unpaired) electrons. The van der Waals surface area contributed by atoms with Gasteiger partial charge in [0.2, 0.25) is 0 Å². The van der Waals surface area contributed by atoms with Gasteiger partial charge in [-0.3, -0.25) is 0 Å². The van der Waals surface area contributed by atoms with E-state index >= 15 is 0 Å². The van der Waals surface area contributed by atoms with Crippen molar-refractivity contribution in [2.45, 2.75) is 31.8 Å². The van der Waals surface area contributed by atoms with Crippen LogP contribution in [0.25, 0.3) is 0 Å². The predicted octanol–water partition coefficient (Wildman–Crippen LogP) is 0.870. The van der Waals surface area contributed by atoms with E-state index in [1.807, 2.05) is 6.92 Å². The van der Waals surface area contributed by atoms with Crippen molar-refractivity contribution in [2.24, 2.45) is 5.92 Å². The van der Waals surface area contributed by atoms with Crippen LogP contribution in [0.4, 0.5) is 0 Å². The molecule has 0 aromatic rings. The number of hydrogen-bond donors (Lipinski definition) is 1. The van der Waals surface area contributed by atoms with E-state index in [0.717, 1.165) is 45.7 Å². The van der Waals surface area contributed by atoms with Crippen molar-refractivity contribution >= 4 is 0 Å². The maximum absolute atomic E-state index is 9.95. The Labute approximate surface area is 86.0 Å². The minimum absolute atomic E-state index is 0.461. The molecular weight excluding hydrogens is 178 g/mol. The van der Waals surface area contributed by atoms with Gasteiger partial charge in [0.1, 0.15) is 0 Å². The summed E-state index contributed by atoms with van der Waals surface area (Å²) in [6.07, 6.45) is 3.27. The normalized spacial score (nSPS) is 40.3. The quantitative estimate of drug-likeness (QED) is 0.716. The van der Waals surface area contributed by atoms with E-state index in [4.69, 9.17) is 4.74 Å². The lowest BCUT2D eigenvalue weighted by Gasteiger charge is -2.37. The van der Waals surface area contributed by atoms with Crippen LogP contribution in [0.15, 0.2) is 0 Å². The highest BCUT2D eigenvalue weighted by atomic mass is 16.5. The van der Waals surface area contributed by atoms with Crippen molar-refractivity contribution in [1.29, 1.82) is 0 Å². The maximum atomic E-state index is 9.95. The van der Waals surface area contributed by atoms with Crippen LogP contribution in [0.1, 0.15) is 26.2 Å². The summed E-state index contributed by atoms with van der Waals surface area (Å²) >= 11 is 0. The second-order valence-electron chi connectivity index (χ2n) is 5.07. The van der Waals surface area contributed by atoms with Gasteiger partial charge in [0.15, 0.2) is 0 Å². The number of β-amino-alcohol motifs (C(OH)–C–C–N with tert-alkyl or cyclic N) is 1. The summed E-state index contributed by atoms with van der Waals surface area (Å²) in [6, 6.07) is 0. The highest BCUT2D eigenvalue weighted by molar-refractivity contribution is 4.84. The molecule has 0 saturated carbocycles. The number of ether oxygens (including phenoxy) is 1. The number of piperidine rings is 1. The lowest BCUT2D eigenvalue weighted by molar-refractivity contribution is -0.0201. The Kier molecular flexibility index (Phi) is 3.10. The Bertz CT molecular complexity index is 188. The first kappa shape index (κ1) is 10.4. The van der Waals surface area contributed by atoms with E-state index in [2.05, 4.69) is 4.90 Å². The zero-order chi connectivity index (χ0) is 10.0. The first-order valence-electron chi connectivity index (χ1n) is 5.68. The van der Waals surface area contributed by atoms with Crippen LogP contribution < -0.4 is 0 Å². The molecule has 2 atom stereocenters. The summed E-state index contributed by atoms with van der Waals surface area (Å²) in [6.45, 7) is 6.88. The van der Waals surface area contributed by atoms with Crippen LogP contribution >= 0.6 is 0 Å². The SMILES string of the molecule is CC1(O)CCCN(CC2CCOC2)C1. The number of likely N-dealkylation sites (tertiary alicyclic amines) is 1. The average molecular weight is 199 g/mol. The molecule has 3 heteroatoms. The second kappa shape index (κ2) is 4.17. The van der Waals surface area contributed by atoms with Crippen molar-refractivity contribution in [3.8, 4) is 0 Å². The van der Waals surface area contributed by atoms with E-state index < -0.39 is 5.60 Å². The number of aliphatic hydroxyl groups is 1. The molecule has 0 spiro atoms. The third-order valence-electron chi connectivity index (χ3n) is 3.29. The fourth-order valence-electron chi connectivity index (χ4n) is 2.57. The molecule has 2 aliphatic rings. The van der Waals surface area contributed by atoms with Crippen molar-refractivity contribution < 1.29 is 9.84 Å². The van der Waals surface area contributed by atoms with Crippen LogP contribution in [0.5, 0.6) is 0 Å². The molecule has 0 aromatic heterocycles. The van der Waals surface area contributed by atoms with Crippen molar-refractivity contribution in [3.63, 3.8) is 0 Å². The molecule has 2 fully saturated rings. The molecule has 2 unspecified atom stereocenters. The molecule has 2 rings (SSSR count). The molecule has 0 aliphatic carbocycles. The van der Waals surface area contributed by atoms with Gasteiger partial charge in [-0.25, -0.2) is 0 Å². The first-order chi connectivity index (χ1) is 6.66. The van der Waals surface area contributed by atoms with Crippen LogP contribution in [0.2, 0.25) is 0 Å². The van der Waals surface area contributed by atoms with Crippen LogP contribution in [0, 0.1) is 5.92 Å². The third-order valence-corrected chi connectivity index (χ3v) is 3.29. The van der Waals surface area contributed by atoms with Gasteiger partial charge < -0.3 is 14.7 Å². The molecule has 82 valence electrons.